The molecule has 0 aliphatic heterocycles. The van der Waals surface area contributed by atoms with Gasteiger partial charge in [-0.15, -0.1) is 0 Å². The minimum Gasteiger partial charge on any atom is -0.481 e. The van der Waals surface area contributed by atoms with Crippen molar-refractivity contribution in [2.75, 3.05) is 6.61 Å². The SMILES string of the molecule is Cc1oc(CNC(=O)COc2ccccc2F)nc1-c1ccccc1. The number of oxazole rings is 1. The highest BCUT2D eigenvalue weighted by Gasteiger charge is 2.12. The van der Waals surface area contributed by atoms with Gasteiger partial charge >= 0.3 is 0 Å². The molecule has 0 atom stereocenters. The fourth-order valence-electron chi connectivity index (χ4n) is 2.32. The Morgan fingerprint density at radius 1 is 1.16 bits per heavy atom. The molecule has 3 aromatic rings. The van der Waals surface area contributed by atoms with Gasteiger partial charge in [0.05, 0.1) is 6.54 Å². The van der Waals surface area contributed by atoms with Crippen molar-refractivity contribution in [3.05, 3.63) is 72.1 Å². The van der Waals surface area contributed by atoms with E-state index in [4.69, 9.17) is 9.15 Å². The molecule has 0 bridgehead atoms. The minimum absolute atomic E-state index is 0.0379. The zero-order valence-corrected chi connectivity index (χ0v) is 13.7. The van der Waals surface area contributed by atoms with Crippen molar-refractivity contribution < 1.29 is 18.3 Å². The molecule has 5 nitrogen and oxygen atoms in total. The van der Waals surface area contributed by atoms with Gasteiger partial charge < -0.3 is 14.5 Å². The maximum atomic E-state index is 13.4. The van der Waals surface area contributed by atoms with Crippen LogP contribution >= 0.6 is 0 Å². The van der Waals surface area contributed by atoms with Crippen molar-refractivity contribution >= 4 is 5.91 Å². The summed E-state index contributed by atoms with van der Waals surface area (Å²) < 4.78 is 24.1. The second-order valence-electron chi connectivity index (χ2n) is 5.37. The summed E-state index contributed by atoms with van der Waals surface area (Å²) in [7, 11) is 0. The first-order valence-electron chi connectivity index (χ1n) is 7.79. The Bertz CT molecular complexity index is 862. The third kappa shape index (κ3) is 4.23. The molecule has 6 heteroatoms. The number of carbonyl (C=O) groups excluding carboxylic acids is 1. The molecule has 2 aromatic carbocycles. The number of carbonyl (C=O) groups is 1. The number of hydrogen-bond acceptors (Lipinski definition) is 4. The van der Waals surface area contributed by atoms with E-state index in [2.05, 4.69) is 10.3 Å². The lowest BCUT2D eigenvalue weighted by atomic mass is 10.1. The van der Waals surface area contributed by atoms with Gasteiger partial charge in [0.25, 0.3) is 5.91 Å². The number of aromatic nitrogens is 1. The number of ether oxygens (including phenoxy) is 1. The van der Waals surface area contributed by atoms with Crippen LogP contribution in [-0.2, 0) is 11.3 Å². The van der Waals surface area contributed by atoms with E-state index in [-0.39, 0.29) is 24.8 Å². The normalized spacial score (nSPS) is 10.5. The average molecular weight is 340 g/mol. The van der Waals surface area contributed by atoms with Gasteiger partial charge in [0.1, 0.15) is 11.5 Å². The molecule has 25 heavy (non-hydrogen) atoms. The largest absolute Gasteiger partial charge is 0.481 e. The molecule has 1 aromatic heterocycles. The molecule has 0 saturated heterocycles. The van der Waals surface area contributed by atoms with Crippen LogP contribution in [0.2, 0.25) is 0 Å². The van der Waals surface area contributed by atoms with Crippen LogP contribution in [0.4, 0.5) is 4.39 Å². The maximum Gasteiger partial charge on any atom is 0.258 e. The van der Waals surface area contributed by atoms with Crippen LogP contribution in [0.15, 0.2) is 59.0 Å². The van der Waals surface area contributed by atoms with Crippen molar-refractivity contribution in [1.82, 2.24) is 10.3 Å². The number of para-hydroxylation sites is 1. The minimum atomic E-state index is -0.508. The molecule has 128 valence electrons. The van der Waals surface area contributed by atoms with E-state index in [1.165, 1.54) is 12.1 Å². The van der Waals surface area contributed by atoms with Crippen LogP contribution in [-0.4, -0.2) is 17.5 Å². The second kappa shape index (κ2) is 7.61. The molecule has 0 unspecified atom stereocenters. The first kappa shape index (κ1) is 16.7. The Labute approximate surface area is 144 Å². The molecule has 0 aliphatic rings. The molecular formula is C19H17FN2O3. The summed E-state index contributed by atoms with van der Waals surface area (Å²) in [6, 6.07) is 15.6. The first-order valence-corrected chi connectivity index (χ1v) is 7.79. The third-order valence-corrected chi connectivity index (χ3v) is 3.52. The summed E-state index contributed by atoms with van der Waals surface area (Å²) in [5.41, 5.74) is 1.69. The highest BCUT2D eigenvalue weighted by atomic mass is 19.1. The summed E-state index contributed by atoms with van der Waals surface area (Å²) in [4.78, 5) is 16.2. The number of halogens is 1. The van der Waals surface area contributed by atoms with Crippen molar-refractivity contribution in [2.24, 2.45) is 0 Å². The van der Waals surface area contributed by atoms with Gasteiger partial charge in [-0.2, -0.15) is 0 Å². The number of amides is 1. The number of aryl methyl sites for hydroxylation is 1. The lowest BCUT2D eigenvalue weighted by Crippen LogP contribution is -2.28. The Morgan fingerprint density at radius 3 is 2.64 bits per heavy atom. The number of nitrogens with zero attached hydrogens (tertiary/aromatic N) is 1. The summed E-state index contributed by atoms with van der Waals surface area (Å²) in [5.74, 6) is 0.219. The van der Waals surface area contributed by atoms with Crippen molar-refractivity contribution in [3.8, 4) is 17.0 Å². The molecule has 1 amide bonds. The predicted molar refractivity (Wildman–Crippen MR) is 90.4 cm³/mol. The molecule has 0 radical (unpaired) electrons. The summed E-state index contributed by atoms with van der Waals surface area (Å²) in [5, 5.41) is 2.64. The van der Waals surface area contributed by atoms with Crippen LogP contribution in [0.1, 0.15) is 11.7 Å². The topological polar surface area (TPSA) is 64.4 Å². The number of nitrogens with one attached hydrogen (secondary N) is 1. The lowest BCUT2D eigenvalue weighted by Gasteiger charge is -2.06. The van der Waals surface area contributed by atoms with Gasteiger partial charge in [-0.05, 0) is 19.1 Å². The van der Waals surface area contributed by atoms with Gasteiger partial charge in [-0.1, -0.05) is 42.5 Å². The van der Waals surface area contributed by atoms with Crippen molar-refractivity contribution in [3.63, 3.8) is 0 Å². The molecule has 1 N–H and O–H groups in total. The van der Waals surface area contributed by atoms with Gasteiger partial charge in [0, 0.05) is 5.56 Å². The van der Waals surface area contributed by atoms with Crippen molar-refractivity contribution in [1.29, 1.82) is 0 Å². The summed E-state index contributed by atoms with van der Waals surface area (Å²) in [6.07, 6.45) is 0. The van der Waals surface area contributed by atoms with E-state index in [0.29, 0.717) is 11.7 Å². The smallest absolute Gasteiger partial charge is 0.258 e. The van der Waals surface area contributed by atoms with Crippen LogP contribution in [0.5, 0.6) is 5.75 Å². The second-order valence-corrected chi connectivity index (χ2v) is 5.37. The van der Waals surface area contributed by atoms with Crippen LogP contribution < -0.4 is 10.1 Å². The zero-order valence-electron chi connectivity index (χ0n) is 13.7. The van der Waals surface area contributed by atoms with Crippen molar-refractivity contribution in [2.45, 2.75) is 13.5 Å². The highest BCUT2D eigenvalue weighted by Crippen LogP contribution is 2.22. The summed E-state index contributed by atoms with van der Waals surface area (Å²) >= 11 is 0. The Hall–Kier alpha value is -3.15. The zero-order chi connectivity index (χ0) is 17.6. The highest BCUT2D eigenvalue weighted by molar-refractivity contribution is 5.77. The van der Waals surface area contributed by atoms with E-state index in [1.54, 1.807) is 12.1 Å². The predicted octanol–water partition coefficient (Wildman–Crippen LogP) is 3.48. The number of benzene rings is 2. The lowest BCUT2D eigenvalue weighted by molar-refractivity contribution is -0.123. The average Bonchev–Trinajstić information content (AvgIpc) is 3.01. The van der Waals surface area contributed by atoms with E-state index < -0.39 is 5.82 Å². The third-order valence-electron chi connectivity index (χ3n) is 3.52. The molecule has 3 rings (SSSR count). The van der Waals surface area contributed by atoms with Gasteiger partial charge in [-0.25, -0.2) is 9.37 Å². The van der Waals surface area contributed by atoms with E-state index >= 15 is 0 Å². The van der Waals surface area contributed by atoms with E-state index in [1.807, 2.05) is 37.3 Å². The quantitative estimate of drug-likeness (QED) is 0.746. The molecule has 0 spiro atoms. The van der Waals surface area contributed by atoms with Crippen LogP contribution in [0, 0.1) is 12.7 Å². The monoisotopic (exact) mass is 340 g/mol. The standard InChI is InChI=1S/C19H17FN2O3/c1-13-19(14-7-3-2-4-8-14)22-18(25-13)11-21-17(23)12-24-16-10-6-5-9-15(16)20/h2-10H,11-12H2,1H3,(H,21,23). The Kier molecular flexibility index (Phi) is 5.09. The van der Waals surface area contributed by atoms with Gasteiger partial charge in [0.15, 0.2) is 18.2 Å². The molecular weight excluding hydrogens is 323 g/mol. The molecule has 0 fully saturated rings. The first-order chi connectivity index (χ1) is 12.1. The number of rotatable bonds is 6. The Morgan fingerprint density at radius 2 is 1.88 bits per heavy atom. The fraction of sp³-hybridized carbons (Fsp3) is 0.158. The van der Waals surface area contributed by atoms with Crippen LogP contribution in [0.25, 0.3) is 11.3 Å². The van der Waals surface area contributed by atoms with Gasteiger partial charge in [0.2, 0.25) is 5.89 Å². The van der Waals surface area contributed by atoms with E-state index in [9.17, 15) is 9.18 Å². The summed E-state index contributed by atoms with van der Waals surface area (Å²) in [6.45, 7) is 1.67. The van der Waals surface area contributed by atoms with Crippen LogP contribution in [0.3, 0.4) is 0 Å². The molecule has 0 saturated carbocycles. The fourth-order valence-corrected chi connectivity index (χ4v) is 2.32. The van der Waals surface area contributed by atoms with Gasteiger partial charge in [-0.3, -0.25) is 4.79 Å². The Balaban J connectivity index is 1.55. The number of hydrogen-bond donors (Lipinski definition) is 1. The molecule has 0 aliphatic carbocycles. The maximum absolute atomic E-state index is 13.4. The van der Waals surface area contributed by atoms with E-state index in [0.717, 1.165) is 11.3 Å². The molecule has 1 heterocycles.